The molecule has 0 aliphatic rings. The molecule has 7 nitrogen and oxygen atoms in total. The van der Waals surface area contributed by atoms with Gasteiger partial charge in [-0.05, 0) is 30.7 Å². The number of carbonyl (C=O) groups is 2. The lowest BCUT2D eigenvalue weighted by atomic mass is 10.2. The summed E-state index contributed by atoms with van der Waals surface area (Å²) in [6.45, 7) is 0. The normalized spacial score (nSPS) is 10.6. The summed E-state index contributed by atoms with van der Waals surface area (Å²) in [4.78, 5) is 42.7. The van der Waals surface area contributed by atoms with Crippen molar-refractivity contribution in [1.29, 1.82) is 0 Å². The molecule has 27 heavy (non-hydrogen) atoms. The van der Waals surface area contributed by atoms with Gasteiger partial charge in [0.05, 0.1) is 16.5 Å². The van der Waals surface area contributed by atoms with Crippen LogP contribution in [0.1, 0.15) is 29.0 Å². The second kappa shape index (κ2) is 8.22. The molecule has 3 N–H and O–H groups in total. The third-order valence-electron chi connectivity index (χ3n) is 3.91. The largest absolute Gasteiger partial charge is 0.310 e. The molecular formula is C19H17FN4O3. The van der Waals surface area contributed by atoms with Crippen LogP contribution in [0, 0.1) is 5.82 Å². The number of aromatic amines is 1. The third-order valence-corrected chi connectivity index (χ3v) is 3.91. The van der Waals surface area contributed by atoms with Gasteiger partial charge in [0.15, 0.2) is 0 Å². The molecule has 1 heterocycles. The number of H-pyrrole nitrogens is 1. The van der Waals surface area contributed by atoms with Gasteiger partial charge in [-0.15, -0.1) is 0 Å². The SMILES string of the molecule is O=C(CCCc1nc2ccccc2c(=O)[nH]1)NNC(=O)c1ccccc1F. The van der Waals surface area contributed by atoms with E-state index >= 15 is 0 Å². The third kappa shape index (κ3) is 4.55. The number of nitrogens with one attached hydrogen (secondary N) is 3. The molecule has 0 saturated heterocycles. The monoisotopic (exact) mass is 368 g/mol. The molecule has 1 aromatic heterocycles. The van der Waals surface area contributed by atoms with Crippen LogP contribution in [-0.2, 0) is 11.2 Å². The van der Waals surface area contributed by atoms with Crippen LogP contribution in [0.4, 0.5) is 4.39 Å². The van der Waals surface area contributed by atoms with Crippen molar-refractivity contribution in [3.8, 4) is 0 Å². The van der Waals surface area contributed by atoms with Gasteiger partial charge in [-0.3, -0.25) is 25.2 Å². The van der Waals surface area contributed by atoms with Crippen LogP contribution in [0.2, 0.25) is 0 Å². The van der Waals surface area contributed by atoms with E-state index in [1.165, 1.54) is 18.2 Å². The van der Waals surface area contributed by atoms with E-state index in [0.717, 1.165) is 6.07 Å². The van der Waals surface area contributed by atoms with Crippen LogP contribution in [0.15, 0.2) is 53.3 Å². The number of para-hydroxylation sites is 1. The molecule has 0 unspecified atom stereocenters. The Morgan fingerprint density at radius 3 is 2.59 bits per heavy atom. The topological polar surface area (TPSA) is 104 Å². The van der Waals surface area contributed by atoms with Crippen molar-refractivity contribution < 1.29 is 14.0 Å². The summed E-state index contributed by atoms with van der Waals surface area (Å²) in [5, 5.41) is 0.509. The van der Waals surface area contributed by atoms with E-state index in [0.29, 0.717) is 29.6 Å². The minimum Gasteiger partial charge on any atom is -0.310 e. The Morgan fingerprint density at radius 2 is 1.78 bits per heavy atom. The van der Waals surface area contributed by atoms with Gasteiger partial charge in [-0.1, -0.05) is 24.3 Å². The van der Waals surface area contributed by atoms with E-state index < -0.39 is 17.6 Å². The molecular weight excluding hydrogens is 351 g/mol. The van der Waals surface area contributed by atoms with Gasteiger partial charge in [0, 0.05) is 12.8 Å². The Labute approximate surface area is 153 Å². The van der Waals surface area contributed by atoms with Gasteiger partial charge >= 0.3 is 0 Å². The zero-order chi connectivity index (χ0) is 19.2. The number of carbonyl (C=O) groups excluding carboxylic acids is 2. The highest BCUT2D eigenvalue weighted by atomic mass is 19.1. The van der Waals surface area contributed by atoms with Crippen molar-refractivity contribution in [3.63, 3.8) is 0 Å². The molecule has 8 heteroatoms. The summed E-state index contributed by atoms with van der Waals surface area (Å²) in [7, 11) is 0. The van der Waals surface area contributed by atoms with Crippen molar-refractivity contribution in [2.75, 3.05) is 0 Å². The van der Waals surface area contributed by atoms with Crippen molar-refractivity contribution in [1.82, 2.24) is 20.8 Å². The van der Waals surface area contributed by atoms with E-state index in [1.807, 2.05) is 0 Å². The smallest absolute Gasteiger partial charge is 0.272 e. The number of rotatable bonds is 5. The Kier molecular flexibility index (Phi) is 5.55. The fourth-order valence-electron chi connectivity index (χ4n) is 2.57. The first-order valence-corrected chi connectivity index (χ1v) is 8.36. The van der Waals surface area contributed by atoms with Crippen LogP contribution in [0.25, 0.3) is 10.9 Å². The molecule has 0 aliphatic carbocycles. The molecule has 0 radical (unpaired) electrons. The van der Waals surface area contributed by atoms with Crippen LogP contribution < -0.4 is 16.4 Å². The van der Waals surface area contributed by atoms with Crippen LogP contribution >= 0.6 is 0 Å². The second-order valence-electron chi connectivity index (χ2n) is 5.87. The highest BCUT2D eigenvalue weighted by Gasteiger charge is 2.11. The lowest BCUT2D eigenvalue weighted by molar-refractivity contribution is -0.121. The number of halogens is 1. The van der Waals surface area contributed by atoms with E-state index in [2.05, 4.69) is 20.8 Å². The molecule has 2 amide bonds. The van der Waals surface area contributed by atoms with Crippen LogP contribution in [0.5, 0.6) is 0 Å². The maximum Gasteiger partial charge on any atom is 0.272 e. The van der Waals surface area contributed by atoms with E-state index in [-0.39, 0.29) is 17.5 Å². The van der Waals surface area contributed by atoms with Crippen molar-refractivity contribution in [2.24, 2.45) is 0 Å². The molecule has 0 atom stereocenters. The standard InChI is InChI=1S/C19H17FN4O3/c20-14-8-3-1-6-12(14)19(27)24-23-17(25)11-5-10-16-21-15-9-4-2-7-13(15)18(26)22-16/h1-4,6-9H,5,10-11H2,(H,23,25)(H,24,27)(H,21,22,26). The molecule has 138 valence electrons. The molecule has 3 aromatic rings. The lowest BCUT2D eigenvalue weighted by Gasteiger charge is -2.08. The highest BCUT2D eigenvalue weighted by Crippen LogP contribution is 2.07. The summed E-state index contributed by atoms with van der Waals surface area (Å²) in [5.74, 6) is -1.35. The van der Waals surface area contributed by atoms with E-state index in [4.69, 9.17) is 0 Å². The fraction of sp³-hybridized carbons (Fsp3) is 0.158. The maximum atomic E-state index is 13.5. The van der Waals surface area contributed by atoms with Crippen LogP contribution in [0.3, 0.4) is 0 Å². The van der Waals surface area contributed by atoms with Crippen LogP contribution in [-0.4, -0.2) is 21.8 Å². The number of hydrogen-bond donors (Lipinski definition) is 3. The number of fused-ring (bicyclic) bond motifs is 1. The number of aromatic nitrogens is 2. The fourth-order valence-corrected chi connectivity index (χ4v) is 2.57. The first kappa shape index (κ1) is 18.2. The molecule has 0 spiro atoms. The number of amides is 2. The molecule has 0 fully saturated rings. The highest BCUT2D eigenvalue weighted by molar-refractivity contribution is 5.95. The quantitative estimate of drug-likeness (QED) is 0.598. The molecule has 0 aliphatic heterocycles. The van der Waals surface area contributed by atoms with Gasteiger partial charge in [0.2, 0.25) is 5.91 Å². The molecule has 0 saturated carbocycles. The first-order chi connectivity index (χ1) is 13.0. The average molecular weight is 368 g/mol. The van der Waals surface area contributed by atoms with E-state index in [9.17, 15) is 18.8 Å². The van der Waals surface area contributed by atoms with Crippen molar-refractivity contribution in [3.05, 3.63) is 76.1 Å². The minimum atomic E-state index is -0.734. The Morgan fingerprint density at radius 1 is 1.04 bits per heavy atom. The molecule has 3 rings (SSSR count). The van der Waals surface area contributed by atoms with Gasteiger partial charge in [-0.25, -0.2) is 9.37 Å². The van der Waals surface area contributed by atoms with E-state index in [1.54, 1.807) is 24.3 Å². The number of nitrogens with zero attached hydrogens (tertiary/aromatic N) is 1. The van der Waals surface area contributed by atoms with Gasteiger partial charge in [-0.2, -0.15) is 0 Å². The zero-order valence-corrected chi connectivity index (χ0v) is 14.3. The number of hydrazine groups is 1. The average Bonchev–Trinajstić information content (AvgIpc) is 2.66. The number of benzene rings is 2. The Hall–Kier alpha value is -3.55. The van der Waals surface area contributed by atoms with Crippen molar-refractivity contribution >= 4 is 22.7 Å². The summed E-state index contributed by atoms with van der Waals surface area (Å²) >= 11 is 0. The first-order valence-electron chi connectivity index (χ1n) is 8.36. The summed E-state index contributed by atoms with van der Waals surface area (Å²) < 4.78 is 13.5. The summed E-state index contributed by atoms with van der Waals surface area (Å²) in [6.07, 6.45) is 0.922. The molecule has 0 bridgehead atoms. The predicted molar refractivity (Wildman–Crippen MR) is 97.3 cm³/mol. The predicted octanol–water partition coefficient (Wildman–Crippen LogP) is 1.85. The summed E-state index contributed by atoms with van der Waals surface area (Å²) in [6, 6.07) is 12.5. The maximum absolute atomic E-state index is 13.5. The summed E-state index contributed by atoms with van der Waals surface area (Å²) in [5.41, 5.74) is 4.62. The second-order valence-corrected chi connectivity index (χ2v) is 5.87. The van der Waals surface area contributed by atoms with Gasteiger partial charge in [0.25, 0.3) is 11.5 Å². The number of hydrogen-bond acceptors (Lipinski definition) is 4. The Balaban J connectivity index is 1.49. The lowest BCUT2D eigenvalue weighted by Crippen LogP contribution is -2.41. The zero-order valence-electron chi connectivity index (χ0n) is 14.3. The minimum absolute atomic E-state index is 0.105. The molecule has 2 aromatic carbocycles. The Bertz CT molecular complexity index is 1050. The van der Waals surface area contributed by atoms with Gasteiger partial charge < -0.3 is 4.98 Å². The number of aryl methyl sites for hydroxylation is 1. The van der Waals surface area contributed by atoms with Gasteiger partial charge in [0.1, 0.15) is 11.6 Å². The van der Waals surface area contributed by atoms with Crippen molar-refractivity contribution in [2.45, 2.75) is 19.3 Å².